The molecule has 96 valence electrons. The minimum atomic E-state index is -0.515. The lowest BCUT2D eigenvalue weighted by atomic mass is 10.1. The Balaban J connectivity index is 1.64. The van der Waals surface area contributed by atoms with Crippen molar-refractivity contribution in [2.24, 2.45) is 0 Å². The molecular weight excluding hydrogens is 246 g/mol. The Morgan fingerprint density at radius 1 is 1.05 bits per heavy atom. The highest BCUT2D eigenvalue weighted by Crippen LogP contribution is 2.23. The maximum Gasteiger partial charge on any atom is 0.260 e. The van der Waals surface area contributed by atoms with Crippen molar-refractivity contribution in [2.75, 3.05) is 0 Å². The lowest BCUT2D eigenvalue weighted by Crippen LogP contribution is -2.30. The van der Waals surface area contributed by atoms with Gasteiger partial charge in [-0.05, 0) is 5.56 Å². The molecular formula is C14H11NO4. The van der Waals surface area contributed by atoms with Crippen molar-refractivity contribution in [1.82, 2.24) is 4.90 Å². The summed E-state index contributed by atoms with van der Waals surface area (Å²) in [5, 5.41) is 0. The summed E-state index contributed by atoms with van der Waals surface area (Å²) in [6, 6.07) is 9.69. The second-order valence-electron chi connectivity index (χ2n) is 4.17. The van der Waals surface area contributed by atoms with E-state index in [1.165, 1.54) is 18.4 Å². The third-order valence-corrected chi connectivity index (χ3v) is 2.85. The van der Waals surface area contributed by atoms with Crippen molar-refractivity contribution >= 4 is 11.8 Å². The standard InChI is InChI=1S/C14H11NO4/c16-11-6-7-12(17)15(11)13-9-18-14(19-13)8-10-4-2-1-3-5-10/h1-7,9,14H,8H2. The summed E-state index contributed by atoms with van der Waals surface area (Å²) in [7, 11) is 0. The van der Waals surface area contributed by atoms with Gasteiger partial charge in [-0.15, -0.1) is 0 Å². The SMILES string of the molecule is O=C1C=CC(=O)N1C1=COC(Cc2ccccc2)O1. The molecule has 0 saturated carbocycles. The summed E-state index contributed by atoms with van der Waals surface area (Å²) in [6.07, 6.45) is 3.74. The van der Waals surface area contributed by atoms with Crippen LogP contribution >= 0.6 is 0 Å². The first-order valence-electron chi connectivity index (χ1n) is 5.86. The number of nitrogens with zero attached hydrogens (tertiary/aromatic N) is 1. The first-order chi connectivity index (χ1) is 9.24. The van der Waals surface area contributed by atoms with Gasteiger partial charge in [0.2, 0.25) is 12.2 Å². The lowest BCUT2D eigenvalue weighted by molar-refractivity contribution is -0.139. The van der Waals surface area contributed by atoms with Gasteiger partial charge in [-0.3, -0.25) is 9.59 Å². The number of hydrogen-bond acceptors (Lipinski definition) is 4. The minimum Gasteiger partial charge on any atom is -0.456 e. The zero-order chi connectivity index (χ0) is 13.2. The summed E-state index contributed by atoms with van der Waals surface area (Å²) in [5.41, 5.74) is 1.05. The number of hydrogen-bond donors (Lipinski definition) is 0. The number of carbonyl (C=O) groups is 2. The van der Waals surface area contributed by atoms with Crippen molar-refractivity contribution in [3.63, 3.8) is 0 Å². The van der Waals surface area contributed by atoms with E-state index in [0.29, 0.717) is 6.42 Å². The molecule has 0 spiro atoms. The first kappa shape index (κ1) is 11.5. The molecule has 2 aliphatic heterocycles. The molecule has 5 nitrogen and oxygen atoms in total. The van der Waals surface area contributed by atoms with Gasteiger partial charge in [0.05, 0.1) is 0 Å². The summed E-state index contributed by atoms with van der Waals surface area (Å²) in [4.78, 5) is 23.9. The summed E-state index contributed by atoms with van der Waals surface area (Å²) in [6.45, 7) is 0. The summed E-state index contributed by atoms with van der Waals surface area (Å²) >= 11 is 0. The highest BCUT2D eigenvalue weighted by Gasteiger charge is 2.33. The molecule has 5 heteroatoms. The van der Waals surface area contributed by atoms with Crippen LogP contribution < -0.4 is 0 Å². The molecule has 2 aliphatic rings. The molecule has 3 rings (SSSR count). The van der Waals surface area contributed by atoms with E-state index in [0.717, 1.165) is 10.5 Å². The van der Waals surface area contributed by atoms with E-state index in [-0.39, 0.29) is 5.88 Å². The number of benzene rings is 1. The second kappa shape index (κ2) is 4.61. The van der Waals surface area contributed by atoms with Gasteiger partial charge in [-0.2, -0.15) is 0 Å². The predicted octanol–water partition coefficient (Wildman–Crippen LogP) is 1.33. The van der Waals surface area contributed by atoms with Gasteiger partial charge in [0, 0.05) is 18.6 Å². The number of carbonyl (C=O) groups excluding carboxylic acids is 2. The Morgan fingerprint density at radius 2 is 1.74 bits per heavy atom. The number of rotatable bonds is 3. The molecule has 0 fully saturated rings. The highest BCUT2D eigenvalue weighted by molar-refractivity contribution is 6.14. The van der Waals surface area contributed by atoms with E-state index in [9.17, 15) is 9.59 Å². The van der Waals surface area contributed by atoms with E-state index < -0.39 is 18.1 Å². The van der Waals surface area contributed by atoms with E-state index in [1.807, 2.05) is 30.3 Å². The molecule has 1 atom stereocenters. The van der Waals surface area contributed by atoms with Gasteiger partial charge in [0.25, 0.3) is 11.8 Å². The van der Waals surface area contributed by atoms with Crippen LogP contribution in [0, 0.1) is 0 Å². The van der Waals surface area contributed by atoms with Crippen LogP contribution in [0.1, 0.15) is 5.56 Å². The quantitative estimate of drug-likeness (QED) is 0.766. The maximum absolute atomic E-state index is 11.5. The minimum absolute atomic E-state index is 0.140. The van der Waals surface area contributed by atoms with Gasteiger partial charge in [-0.1, -0.05) is 30.3 Å². The lowest BCUT2D eigenvalue weighted by Gasteiger charge is -2.16. The molecule has 0 N–H and O–H groups in total. The molecule has 0 saturated heterocycles. The van der Waals surface area contributed by atoms with Crippen LogP contribution in [0.3, 0.4) is 0 Å². The number of amides is 2. The maximum atomic E-state index is 11.5. The third kappa shape index (κ3) is 2.22. The fraction of sp³-hybridized carbons (Fsp3) is 0.143. The topological polar surface area (TPSA) is 55.8 Å². The van der Waals surface area contributed by atoms with Crippen LogP contribution in [0.2, 0.25) is 0 Å². The van der Waals surface area contributed by atoms with Crippen molar-refractivity contribution < 1.29 is 19.1 Å². The van der Waals surface area contributed by atoms with Gasteiger partial charge in [0.15, 0.2) is 0 Å². The van der Waals surface area contributed by atoms with Crippen molar-refractivity contribution in [3.05, 3.63) is 60.2 Å². The van der Waals surface area contributed by atoms with Gasteiger partial charge >= 0.3 is 0 Å². The Hall–Kier alpha value is -2.56. The van der Waals surface area contributed by atoms with Gasteiger partial charge in [-0.25, -0.2) is 4.90 Å². The van der Waals surface area contributed by atoms with Crippen molar-refractivity contribution in [3.8, 4) is 0 Å². The van der Waals surface area contributed by atoms with E-state index >= 15 is 0 Å². The van der Waals surface area contributed by atoms with Crippen LogP contribution in [-0.2, 0) is 25.5 Å². The molecule has 0 aliphatic carbocycles. The Bertz CT molecular complexity index is 558. The molecule has 0 radical (unpaired) electrons. The fourth-order valence-corrected chi connectivity index (χ4v) is 1.94. The molecule has 1 aromatic carbocycles. The fourth-order valence-electron chi connectivity index (χ4n) is 1.94. The van der Waals surface area contributed by atoms with Crippen LogP contribution in [0.5, 0.6) is 0 Å². The Kier molecular flexibility index (Phi) is 2.79. The highest BCUT2D eigenvalue weighted by atomic mass is 16.7. The van der Waals surface area contributed by atoms with Gasteiger partial charge < -0.3 is 9.47 Å². The normalized spacial score (nSPS) is 21.4. The summed E-state index contributed by atoms with van der Waals surface area (Å²) < 4.78 is 10.8. The van der Waals surface area contributed by atoms with Crippen LogP contribution in [0.25, 0.3) is 0 Å². The molecule has 0 aromatic heterocycles. The van der Waals surface area contributed by atoms with Crippen molar-refractivity contribution in [1.29, 1.82) is 0 Å². The molecule has 0 bridgehead atoms. The van der Waals surface area contributed by atoms with E-state index in [2.05, 4.69) is 0 Å². The van der Waals surface area contributed by atoms with E-state index in [4.69, 9.17) is 9.47 Å². The third-order valence-electron chi connectivity index (χ3n) is 2.85. The number of ether oxygens (including phenoxy) is 2. The molecule has 19 heavy (non-hydrogen) atoms. The zero-order valence-corrected chi connectivity index (χ0v) is 9.98. The molecule has 2 heterocycles. The summed E-state index contributed by atoms with van der Waals surface area (Å²) in [5.74, 6) is -0.693. The van der Waals surface area contributed by atoms with Crippen LogP contribution in [-0.4, -0.2) is 23.0 Å². The first-order valence-corrected chi connectivity index (χ1v) is 5.86. The smallest absolute Gasteiger partial charge is 0.260 e. The van der Waals surface area contributed by atoms with Gasteiger partial charge in [0.1, 0.15) is 6.26 Å². The molecule has 1 aromatic rings. The predicted molar refractivity (Wildman–Crippen MR) is 65.2 cm³/mol. The van der Waals surface area contributed by atoms with Crippen LogP contribution in [0.4, 0.5) is 0 Å². The Morgan fingerprint density at radius 3 is 2.42 bits per heavy atom. The average molecular weight is 257 g/mol. The number of imide groups is 1. The van der Waals surface area contributed by atoms with E-state index in [1.54, 1.807) is 0 Å². The molecule has 1 unspecified atom stereocenters. The second-order valence-corrected chi connectivity index (χ2v) is 4.17. The largest absolute Gasteiger partial charge is 0.456 e. The van der Waals surface area contributed by atoms with Crippen LogP contribution in [0.15, 0.2) is 54.6 Å². The zero-order valence-electron chi connectivity index (χ0n) is 9.98. The molecule has 2 amide bonds. The Labute approximate surface area is 109 Å². The average Bonchev–Trinajstić information content (AvgIpc) is 2.98. The monoisotopic (exact) mass is 257 g/mol. The van der Waals surface area contributed by atoms with Crippen molar-refractivity contribution in [2.45, 2.75) is 12.7 Å².